The van der Waals surface area contributed by atoms with Crippen LogP contribution >= 0.6 is 0 Å². The number of aromatic nitrogens is 1. The lowest BCUT2D eigenvalue weighted by atomic mass is 10.3. The zero-order chi connectivity index (χ0) is 8.27. The van der Waals surface area contributed by atoms with Crippen LogP contribution in [0.1, 0.15) is 5.69 Å². The van der Waals surface area contributed by atoms with Gasteiger partial charge in [0.25, 0.3) is 0 Å². The van der Waals surface area contributed by atoms with E-state index in [2.05, 4.69) is 4.98 Å². The van der Waals surface area contributed by atoms with E-state index in [0.717, 1.165) is 0 Å². The van der Waals surface area contributed by atoms with Crippen molar-refractivity contribution < 1.29 is 4.74 Å². The Morgan fingerprint density at radius 3 is 2.91 bits per heavy atom. The molecule has 0 saturated carbocycles. The molecule has 4 nitrogen and oxygen atoms in total. The van der Waals surface area contributed by atoms with Crippen LogP contribution in [-0.4, -0.2) is 12.1 Å². The number of nitrogens with one attached hydrogen (secondary N) is 1. The van der Waals surface area contributed by atoms with Crippen molar-refractivity contribution in [2.45, 2.75) is 6.54 Å². The number of methoxy groups -OCH3 is 1. The van der Waals surface area contributed by atoms with Crippen LogP contribution in [0.4, 0.5) is 0 Å². The van der Waals surface area contributed by atoms with E-state index in [4.69, 9.17) is 10.5 Å². The molecule has 11 heavy (non-hydrogen) atoms. The topological polar surface area (TPSA) is 68.1 Å². The molecule has 60 valence electrons. The van der Waals surface area contributed by atoms with Crippen LogP contribution < -0.4 is 15.9 Å². The molecule has 0 atom stereocenters. The Balaban J connectivity index is 3.12. The van der Waals surface area contributed by atoms with E-state index < -0.39 is 0 Å². The van der Waals surface area contributed by atoms with E-state index in [1.807, 2.05) is 0 Å². The minimum absolute atomic E-state index is 0.0962. The normalized spacial score (nSPS) is 9.64. The third kappa shape index (κ3) is 1.81. The predicted molar refractivity (Wildman–Crippen MR) is 41.5 cm³/mol. The number of rotatable bonds is 2. The molecule has 0 aliphatic heterocycles. The van der Waals surface area contributed by atoms with Gasteiger partial charge in [-0.15, -0.1) is 0 Å². The third-order valence-corrected chi connectivity index (χ3v) is 1.31. The highest BCUT2D eigenvalue weighted by molar-refractivity contribution is 5.15. The second-order valence-corrected chi connectivity index (χ2v) is 2.11. The maximum Gasteiger partial charge on any atom is 0.194 e. The summed E-state index contributed by atoms with van der Waals surface area (Å²) in [5.74, 6) is 0.443. The molecule has 0 aliphatic carbocycles. The highest BCUT2D eigenvalue weighted by atomic mass is 16.5. The zero-order valence-electron chi connectivity index (χ0n) is 6.26. The molecular weight excluding hydrogens is 144 g/mol. The first-order chi connectivity index (χ1) is 5.26. The van der Waals surface area contributed by atoms with Crippen molar-refractivity contribution in [3.63, 3.8) is 0 Å². The standard InChI is InChI=1S/C7H10N2O2/c1-11-7-3-6(10)2-5(4-8)9-7/h2-3H,4,8H2,1H3,(H,9,10). The van der Waals surface area contributed by atoms with Gasteiger partial charge in [0.1, 0.15) is 0 Å². The van der Waals surface area contributed by atoms with Crippen molar-refractivity contribution in [2.75, 3.05) is 7.11 Å². The van der Waals surface area contributed by atoms with Crippen LogP contribution in [0.25, 0.3) is 0 Å². The molecule has 4 heteroatoms. The van der Waals surface area contributed by atoms with Crippen LogP contribution in [0, 0.1) is 0 Å². The minimum atomic E-state index is -0.0962. The van der Waals surface area contributed by atoms with Crippen LogP contribution in [-0.2, 0) is 6.54 Å². The van der Waals surface area contributed by atoms with Crippen molar-refractivity contribution in [1.82, 2.24) is 4.98 Å². The molecule has 0 saturated heterocycles. The average molecular weight is 154 g/mol. The lowest BCUT2D eigenvalue weighted by Crippen LogP contribution is -2.07. The maximum atomic E-state index is 10.9. The Hall–Kier alpha value is -1.29. The third-order valence-electron chi connectivity index (χ3n) is 1.31. The highest BCUT2D eigenvalue weighted by Crippen LogP contribution is 2.01. The van der Waals surface area contributed by atoms with E-state index in [9.17, 15) is 4.79 Å². The predicted octanol–water partition coefficient (Wildman–Crippen LogP) is -0.158. The average Bonchev–Trinajstić information content (AvgIpc) is 2.03. The van der Waals surface area contributed by atoms with Crippen LogP contribution in [0.2, 0.25) is 0 Å². The van der Waals surface area contributed by atoms with Gasteiger partial charge in [0.2, 0.25) is 0 Å². The number of H-pyrrole nitrogens is 1. The van der Waals surface area contributed by atoms with Crippen molar-refractivity contribution in [3.05, 3.63) is 28.0 Å². The summed E-state index contributed by atoms with van der Waals surface area (Å²) in [7, 11) is 1.49. The highest BCUT2D eigenvalue weighted by Gasteiger charge is 1.95. The Morgan fingerprint density at radius 2 is 2.36 bits per heavy atom. The van der Waals surface area contributed by atoms with E-state index in [0.29, 0.717) is 18.1 Å². The van der Waals surface area contributed by atoms with Gasteiger partial charge >= 0.3 is 0 Å². The molecular formula is C7H10N2O2. The van der Waals surface area contributed by atoms with Gasteiger partial charge in [-0.2, -0.15) is 0 Å². The monoisotopic (exact) mass is 154 g/mol. The van der Waals surface area contributed by atoms with Gasteiger partial charge in [-0.1, -0.05) is 0 Å². The molecule has 1 aromatic rings. The van der Waals surface area contributed by atoms with Gasteiger partial charge in [0.05, 0.1) is 7.11 Å². The van der Waals surface area contributed by atoms with Crippen molar-refractivity contribution >= 4 is 0 Å². The van der Waals surface area contributed by atoms with E-state index in [1.54, 1.807) is 0 Å². The lowest BCUT2D eigenvalue weighted by Gasteiger charge is -2.01. The van der Waals surface area contributed by atoms with Crippen molar-refractivity contribution in [3.8, 4) is 5.88 Å². The van der Waals surface area contributed by atoms with Gasteiger partial charge in [0, 0.05) is 24.4 Å². The second-order valence-electron chi connectivity index (χ2n) is 2.11. The Morgan fingerprint density at radius 1 is 1.64 bits per heavy atom. The van der Waals surface area contributed by atoms with Crippen LogP contribution in [0.5, 0.6) is 5.88 Å². The Kier molecular flexibility index (Phi) is 2.28. The van der Waals surface area contributed by atoms with Crippen molar-refractivity contribution in [2.24, 2.45) is 5.73 Å². The molecule has 0 radical (unpaired) electrons. The number of ether oxygens (including phenoxy) is 1. The summed E-state index contributed by atoms with van der Waals surface area (Å²) >= 11 is 0. The summed E-state index contributed by atoms with van der Waals surface area (Å²) in [6.45, 7) is 0.312. The van der Waals surface area contributed by atoms with Gasteiger partial charge in [-0.05, 0) is 0 Å². The number of pyridine rings is 1. The van der Waals surface area contributed by atoms with E-state index in [-0.39, 0.29) is 5.43 Å². The molecule has 0 aliphatic rings. The number of hydrogen-bond acceptors (Lipinski definition) is 3. The quantitative estimate of drug-likeness (QED) is 0.622. The SMILES string of the molecule is COc1cc(=O)cc(CN)[nH]1. The van der Waals surface area contributed by atoms with Gasteiger partial charge in [-0.3, -0.25) is 4.79 Å². The largest absolute Gasteiger partial charge is 0.482 e. The first kappa shape index (κ1) is 7.81. The zero-order valence-corrected chi connectivity index (χ0v) is 6.26. The summed E-state index contributed by atoms with van der Waals surface area (Å²) < 4.78 is 4.83. The Labute approximate surface area is 64.0 Å². The summed E-state index contributed by atoms with van der Waals surface area (Å²) in [5, 5.41) is 0. The van der Waals surface area contributed by atoms with E-state index in [1.165, 1.54) is 19.2 Å². The van der Waals surface area contributed by atoms with Gasteiger partial charge < -0.3 is 15.5 Å². The summed E-state index contributed by atoms with van der Waals surface area (Å²) in [6, 6.07) is 2.82. The van der Waals surface area contributed by atoms with Gasteiger partial charge in [0.15, 0.2) is 11.3 Å². The van der Waals surface area contributed by atoms with Crippen LogP contribution in [0.15, 0.2) is 16.9 Å². The number of hydrogen-bond donors (Lipinski definition) is 2. The molecule has 1 aromatic heterocycles. The Bertz CT molecular complexity index is 267. The maximum absolute atomic E-state index is 10.9. The fraction of sp³-hybridized carbons (Fsp3) is 0.286. The van der Waals surface area contributed by atoms with Gasteiger partial charge in [-0.25, -0.2) is 0 Å². The van der Waals surface area contributed by atoms with Crippen molar-refractivity contribution in [1.29, 1.82) is 0 Å². The second kappa shape index (κ2) is 3.21. The summed E-state index contributed by atoms with van der Waals surface area (Å²) in [5.41, 5.74) is 5.90. The molecule has 0 spiro atoms. The summed E-state index contributed by atoms with van der Waals surface area (Å²) in [4.78, 5) is 13.7. The fourth-order valence-electron chi connectivity index (χ4n) is 0.793. The first-order valence-electron chi connectivity index (χ1n) is 3.23. The molecule has 3 N–H and O–H groups in total. The number of nitrogens with two attached hydrogens (primary N) is 1. The molecule has 0 amide bonds. The molecule has 1 rings (SSSR count). The molecule has 0 aromatic carbocycles. The molecule has 0 fully saturated rings. The fourth-order valence-corrected chi connectivity index (χ4v) is 0.793. The molecule has 0 bridgehead atoms. The minimum Gasteiger partial charge on any atom is -0.482 e. The van der Waals surface area contributed by atoms with E-state index >= 15 is 0 Å². The smallest absolute Gasteiger partial charge is 0.194 e. The van der Waals surface area contributed by atoms with Crippen LogP contribution in [0.3, 0.4) is 0 Å². The first-order valence-corrected chi connectivity index (χ1v) is 3.23. The molecule has 0 unspecified atom stereocenters. The lowest BCUT2D eigenvalue weighted by molar-refractivity contribution is 0.396. The molecule has 1 heterocycles. The summed E-state index contributed by atoms with van der Waals surface area (Å²) in [6.07, 6.45) is 0. The number of aromatic amines is 1.